The lowest BCUT2D eigenvalue weighted by molar-refractivity contribution is -0.124. The Morgan fingerprint density at radius 1 is 1.47 bits per heavy atom. The predicted octanol–water partition coefficient (Wildman–Crippen LogP) is 0.740. The molecule has 1 aliphatic rings. The van der Waals surface area contributed by atoms with Gasteiger partial charge in [0.15, 0.2) is 6.10 Å². The number of esters is 1. The van der Waals surface area contributed by atoms with Crippen molar-refractivity contribution in [2.75, 3.05) is 13.7 Å². The van der Waals surface area contributed by atoms with Gasteiger partial charge in [-0.1, -0.05) is 6.07 Å². The van der Waals surface area contributed by atoms with Gasteiger partial charge in [0.05, 0.1) is 12.7 Å². The Balaban J connectivity index is 2.11. The average molecular weight is 235 g/mol. The first-order valence-corrected chi connectivity index (χ1v) is 5.33. The predicted molar refractivity (Wildman–Crippen MR) is 59.8 cm³/mol. The van der Waals surface area contributed by atoms with Gasteiger partial charge in [-0.05, 0) is 18.2 Å². The van der Waals surface area contributed by atoms with Crippen molar-refractivity contribution in [3.05, 3.63) is 29.8 Å². The molecule has 0 unspecified atom stereocenters. The van der Waals surface area contributed by atoms with Crippen molar-refractivity contribution >= 4 is 11.9 Å². The normalized spacial score (nSPS) is 18.6. The van der Waals surface area contributed by atoms with Gasteiger partial charge in [-0.3, -0.25) is 4.79 Å². The molecular formula is C12H13NO4. The molecule has 5 heteroatoms. The molecule has 1 atom stereocenters. The van der Waals surface area contributed by atoms with Crippen LogP contribution in [-0.2, 0) is 9.53 Å². The quantitative estimate of drug-likeness (QED) is 0.785. The molecule has 1 fully saturated rings. The Kier molecular flexibility index (Phi) is 3.27. The fraction of sp³-hybridized carbons (Fsp3) is 0.333. The number of rotatable bonds is 3. The van der Waals surface area contributed by atoms with Crippen molar-refractivity contribution in [1.29, 1.82) is 0 Å². The summed E-state index contributed by atoms with van der Waals surface area (Å²) in [5, 5.41) is 2.68. The third-order valence-corrected chi connectivity index (χ3v) is 2.53. The number of benzene rings is 1. The van der Waals surface area contributed by atoms with E-state index in [1.807, 2.05) is 0 Å². The van der Waals surface area contributed by atoms with Gasteiger partial charge in [0.1, 0.15) is 5.75 Å². The zero-order valence-electron chi connectivity index (χ0n) is 9.43. The highest BCUT2D eigenvalue weighted by atomic mass is 16.5. The summed E-state index contributed by atoms with van der Waals surface area (Å²) in [4.78, 5) is 22.6. The number of carbonyl (C=O) groups is 2. The lowest BCUT2D eigenvalue weighted by Gasteiger charge is -2.11. The monoisotopic (exact) mass is 235 g/mol. The summed E-state index contributed by atoms with van der Waals surface area (Å²) in [7, 11) is 1.32. The van der Waals surface area contributed by atoms with Crippen molar-refractivity contribution in [3.63, 3.8) is 0 Å². The molecule has 2 rings (SSSR count). The molecule has 0 aliphatic carbocycles. The summed E-state index contributed by atoms with van der Waals surface area (Å²) >= 11 is 0. The second-order valence-corrected chi connectivity index (χ2v) is 3.71. The van der Waals surface area contributed by atoms with E-state index in [1.165, 1.54) is 7.11 Å². The van der Waals surface area contributed by atoms with Crippen LogP contribution in [0.3, 0.4) is 0 Å². The second-order valence-electron chi connectivity index (χ2n) is 3.71. The molecule has 1 N–H and O–H groups in total. The maximum atomic E-state index is 11.3. The molecule has 5 nitrogen and oxygen atoms in total. The van der Waals surface area contributed by atoms with Gasteiger partial charge >= 0.3 is 5.97 Å². The van der Waals surface area contributed by atoms with E-state index >= 15 is 0 Å². The van der Waals surface area contributed by atoms with Crippen LogP contribution in [0, 0.1) is 0 Å². The topological polar surface area (TPSA) is 64.6 Å². The number of ether oxygens (including phenoxy) is 2. The van der Waals surface area contributed by atoms with Crippen molar-refractivity contribution in [2.24, 2.45) is 0 Å². The summed E-state index contributed by atoms with van der Waals surface area (Å²) in [5.41, 5.74) is 0.406. The Morgan fingerprint density at radius 3 is 2.94 bits per heavy atom. The number of hydrogen-bond donors (Lipinski definition) is 1. The van der Waals surface area contributed by atoms with Crippen molar-refractivity contribution < 1.29 is 19.1 Å². The van der Waals surface area contributed by atoms with Gasteiger partial charge in [0.25, 0.3) is 5.91 Å². The minimum Gasteiger partial charge on any atom is -0.481 e. The van der Waals surface area contributed by atoms with Gasteiger partial charge in [0, 0.05) is 13.0 Å². The fourth-order valence-electron chi connectivity index (χ4n) is 1.66. The molecule has 90 valence electrons. The van der Waals surface area contributed by atoms with Crippen LogP contribution in [0.15, 0.2) is 24.3 Å². The summed E-state index contributed by atoms with van der Waals surface area (Å²) in [6.07, 6.45) is 0.171. The van der Waals surface area contributed by atoms with Gasteiger partial charge in [-0.15, -0.1) is 0 Å². The van der Waals surface area contributed by atoms with Crippen molar-refractivity contribution in [2.45, 2.75) is 12.5 Å². The lowest BCUT2D eigenvalue weighted by atomic mass is 10.2. The SMILES string of the molecule is COC(=O)c1cccc(O[C@@H]2CCNC2=O)c1. The minimum atomic E-state index is -0.470. The minimum absolute atomic E-state index is 0.117. The van der Waals surface area contributed by atoms with Crippen LogP contribution >= 0.6 is 0 Å². The highest BCUT2D eigenvalue weighted by Crippen LogP contribution is 2.17. The Hall–Kier alpha value is -2.04. The van der Waals surface area contributed by atoms with Crippen LogP contribution in [0.5, 0.6) is 5.75 Å². The molecule has 0 radical (unpaired) electrons. The molecule has 0 saturated carbocycles. The third kappa shape index (κ3) is 2.55. The average Bonchev–Trinajstić information content (AvgIpc) is 2.74. The maximum Gasteiger partial charge on any atom is 0.337 e. The number of nitrogens with one attached hydrogen (secondary N) is 1. The first kappa shape index (κ1) is 11.4. The van der Waals surface area contributed by atoms with Crippen molar-refractivity contribution in [3.8, 4) is 5.75 Å². The first-order valence-electron chi connectivity index (χ1n) is 5.33. The number of carbonyl (C=O) groups excluding carboxylic acids is 2. The third-order valence-electron chi connectivity index (χ3n) is 2.53. The van der Waals surface area contributed by atoms with Crippen LogP contribution in [0.25, 0.3) is 0 Å². The maximum absolute atomic E-state index is 11.3. The Morgan fingerprint density at radius 2 is 2.29 bits per heavy atom. The van der Waals surface area contributed by atoms with Gasteiger partial charge in [-0.25, -0.2) is 4.79 Å². The first-order chi connectivity index (χ1) is 8.20. The molecule has 0 spiro atoms. The standard InChI is InChI=1S/C12H13NO4/c1-16-12(15)8-3-2-4-9(7-8)17-10-5-6-13-11(10)14/h2-4,7,10H,5-6H2,1H3,(H,13,14)/t10-/m1/s1. The molecule has 0 aromatic heterocycles. The molecule has 17 heavy (non-hydrogen) atoms. The van der Waals surface area contributed by atoms with E-state index in [0.29, 0.717) is 24.3 Å². The van der Waals surface area contributed by atoms with E-state index in [2.05, 4.69) is 10.1 Å². The smallest absolute Gasteiger partial charge is 0.337 e. The van der Waals surface area contributed by atoms with Crippen LogP contribution < -0.4 is 10.1 Å². The second kappa shape index (κ2) is 4.86. The van der Waals surface area contributed by atoms with Crippen LogP contribution in [0.1, 0.15) is 16.8 Å². The van der Waals surface area contributed by atoms with Gasteiger partial charge in [0.2, 0.25) is 0 Å². The van der Waals surface area contributed by atoms with Gasteiger partial charge in [-0.2, -0.15) is 0 Å². The van der Waals surface area contributed by atoms with Crippen LogP contribution in [-0.4, -0.2) is 31.6 Å². The van der Waals surface area contributed by atoms with E-state index in [9.17, 15) is 9.59 Å². The summed E-state index contributed by atoms with van der Waals surface area (Å²) < 4.78 is 10.1. The van der Waals surface area contributed by atoms with Crippen LogP contribution in [0.4, 0.5) is 0 Å². The fourth-order valence-corrected chi connectivity index (χ4v) is 1.66. The molecule has 1 heterocycles. The summed E-state index contributed by atoms with van der Waals surface area (Å²) in [6, 6.07) is 6.59. The number of methoxy groups -OCH3 is 1. The molecule has 0 bridgehead atoms. The van der Waals surface area contributed by atoms with E-state index < -0.39 is 12.1 Å². The van der Waals surface area contributed by atoms with E-state index in [0.717, 1.165) is 0 Å². The largest absolute Gasteiger partial charge is 0.481 e. The highest BCUT2D eigenvalue weighted by Gasteiger charge is 2.25. The van der Waals surface area contributed by atoms with Gasteiger partial charge < -0.3 is 14.8 Å². The summed E-state index contributed by atoms with van der Waals surface area (Å²) in [5.74, 6) is -0.0465. The molecule has 1 aromatic rings. The molecule has 1 aliphatic heterocycles. The summed E-state index contributed by atoms with van der Waals surface area (Å²) in [6.45, 7) is 0.625. The highest BCUT2D eigenvalue weighted by molar-refractivity contribution is 5.89. The Labute approximate surface area is 98.7 Å². The Bertz CT molecular complexity index is 444. The zero-order chi connectivity index (χ0) is 12.3. The molecule has 1 aromatic carbocycles. The molecule has 1 saturated heterocycles. The van der Waals surface area contributed by atoms with Crippen molar-refractivity contribution in [1.82, 2.24) is 5.32 Å². The number of hydrogen-bond acceptors (Lipinski definition) is 4. The zero-order valence-corrected chi connectivity index (χ0v) is 9.43. The lowest BCUT2D eigenvalue weighted by Crippen LogP contribution is -2.27. The number of amides is 1. The molecular weight excluding hydrogens is 222 g/mol. The van der Waals surface area contributed by atoms with E-state index in [-0.39, 0.29) is 5.91 Å². The van der Waals surface area contributed by atoms with E-state index in [1.54, 1.807) is 24.3 Å². The van der Waals surface area contributed by atoms with Crippen LogP contribution in [0.2, 0.25) is 0 Å². The molecule has 1 amide bonds. The van der Waals surface area contributed by atoms with E-state index in [4.69, 9.17) is 4.74 Å².